The number of piperidine rings is 1. The summed E-state index contributed by atoms with van der Waals surface area (Å²) in [7, 11) is 0. The standard InChI is InChI=1S/C10H14N2O3/c13-10(14)4-7-1-2-11-9(3-7)8-5-12-15-6-8/h5-7,9,11H,1-4H2,(H,13,14). The predicted molar refractivity (Wildman–Crippen MR) is 52.2 cm³/mol. The molecular weight excluding hydrogens is 196 g/mol. The zero-order chi connectivity index (χ0) is 10.7. The molecule has 2 rings (SSSR count). The summed E-state index contributed by atoms with van der Waals surface area (Å²) in [6.07, 6.45) is 5.31. The van der Waals surface area contributed by atoms with Crippen molar-refractivity contribution in [3.63, 3.8) is 0 Å². The van der Waals surface area contributed by atoms with Crippen LogP contribution in [0.15, 0.2) is 17.0 Å². The third kappa shape index (κ3) is 2.56. The molecule has 0 aromatic carbocycles. The summed E-state index contributed by atoms with van der Waals surface area (Å²) in [5.41, 5.74) is 1.00. The SMILES string of the molecule is O=C(O)CC1CCNC(c2cnoc2)C1. The van der Waals surface area contributed by atoms with Crippen LogP contribution in [-0.2, 0) is 4.79 Å². The van der Waals surface area contributed by atoms with Crippen LogP contribution in [0.4, 0.5) is 0 Å². The largest absolute Gasteiger partial charge is 0.481 e. The van der Waals surface area contributed by atoms with E-state index in [1.54, 1.807) is 12.5 Å². The van der Waals surface area contributed by atoms with Gasteiger partial charge in [0.2, 0.25) is 0 Å². The van der Waals surface area contributed by atoms with E-state index in [1.807, 2.05) is 0 Å². The lowest BCUT2D eigenvalue weighted by atomic mass is 9.88. The highest BCUT2D eigenvalue weighted by Crippen LogP contribution is 2.28. The van der Waals surface area contributed by atoms with E-state index in [-0.39, 0.29) is 18.4 Å². The molecule has 0 aliphatic carbocycles. The molecule has 2 N–H and O–H groups in total. The summed E-state index contributed by atoms with van der Waals surface area (Å²) in [5, 5.41) is 15.7. The molecule has 1 aliphatic heterocycles. The highest BCUT2D eigenvalue weighted by atomic mass is 16.5. The van der Waals surface area contributed by atoms with E-state index in [1.165, 1.54) is 0 Å². The van der Waals surface area contributed by atoms with Gasteiger partial charge >= 0.3 is 5.97 Å². The predicted octanol–water partition coefficient (Wildman–Crippen LogP) is 1.19. The van der Waals surface area contributed by atoms with Gasteiger partial charge in [0.05, 0.1) is 6.20 Å². The Labute approximate surface area is 87.5 Å². The Morgan fingerprint density at radius 2 is 2.60 bits per heavy atom. The fraction of sp³-hybridized carbons (Fsp3) is 0.600. The summed E-state index contributed by atoms with van der Waals surface area (Å²) in [5.74, 6) is -0.463. The topological polar surface area (TPSA) is 75.4 Å². The molecule has 15 heavy (non-hydrogen) atoms. The third-order valence-corrected chi connectivity index (χ3v) is 2.83. The fourth-order valence-electron chi connectivity index (χ4n) is 2.07. The van der Waals surface area contributed by atoms with Gasteiger partial charge in [-0.1, -0.05) is 5.16 Å². The highest BCUT2D eigenvalue weighted by molar-refractivity contribution is 5.67. The highest BCUT2D eigenvalue weighted by Gasteiger charge is 2.25. The summed E-state index contributed by atoms with van der Waals surface area (Å²) in [4.78, 5) is 10.6. The molecule has 5 nitrogen and oxygen atoms in total. The molecule has 2 unspecified atom stereocenters. The molecule has 0 amide bonds. The van der Waals surface area contributed by atoms with Gasteiger partial charge < -0.3 is 14.9 Å². The molecule has 2 heterocycles. The molecule has 0 saturated carbocycles. The molecule has 0 bridgehead atoms. The molecule has 1 aromatic heterocycles. The van der Waals surface area contributed by atoms with Crippen LogP contribution in [0.2, 0.25) is 0 Å². The molecule has 2 atom stereocenters. The minimum absolute atomic E-state index is 0.189. The van der Waals surface area contributed by atoms with Crippen molar-refractivity contribution in [2.45, 2.75) is 25.3 Å². The number of hydrogen-bond acceptors (Lipinski definition) is 4. The van der Waals surface area contributed by atoms with Gasteiger partial charge in [-0.3, -0.25) is 4.79 Å². The summed E-state index contributed by atoms with van der Waals surface area (Å²) < 4.78 is 4.78. The van der Waals surface area contributed by atoms with Gasteiger partial charge in [0.25, 0.3) is 0 Å². The van der Waals surface area contributed by atoms with E-state index in [0.29, 0.717) is 0 Å². The van der Waals surface area contributed by atoms with Crippen LogP contribution >= 0.6 is 0 Å². The molecule has 0 spiro atoms. The number of nitrogens with one attached hydrogen (secondary N) is 1. The molecule has 1 aromatic rings. The van der Waals surface area contributed by atoms with Gasteiger partial charge in [0, 0.05) is 18.0 Å². The lowest BCUT2D eigenvalue weighted by Crippen LogP contribution is -2.32. The Morgan fingerprint density at radius 1 is 1.73 bits per heavy atom. The van der Waals surface area contributed by atoms with Gasteiger partial charge in [0.15, 0.2) is 0 Å². The number of rotatable bonds is 3. The minimum atomic E-state index is -0.717. The van der Waals surface area contributed by atoms with Crippen molar-refractivity contribution in [2.75, 3.05) is 6.54 Å². The van der Waals surface area contributed by atoms with Crippen molar-refractivity contribution in [3.8, 4) is 0 Å². The molecular formula is C10H14N2O3. The summed E-state index contributed by atoms with van der Waals surface area (Å²) in [6, 6.07) is 0.189. The van der Waals surface area contributed by atoms with Crippen LogP contribution in [-0.4, -0.2) is 22.8 Å². The lowest BCUT2D eigenvalue weighted by Gasteiger charge is -2.28. The van der Waals surface area contributed by atoms with E-state index >= 15 is 0 Å². The maximum atomic E-state index is 10.6. The first-order chi connectivity index (χ1) is 7.25. The monoisotopic (exact) mass is 210 g/mol. The molecule has 0 radical (unpaired) electrons. The second kappa shape index (κ2) is 4.44. The number of aromatic nitrogens is 1. The number of nitrogens with zero attached hydrogens (tertiary/aromatic N) is 1. The average molecular weight is 210 g/mol. The van der Waals surface area contributed by atoms with Crippen LogP contribution < -0.4 is 5.32 Å². The summed E-state index contributed by atoms with van der Waals surface area (Å²) in [6.45, 7) is 0.855. The third-order valence-electron chi connectivity index (χ3n) is 2.83. The van der Waals surface area contributed by atoms with Gasteiger partial charge in [0.1, 0.15) is 6.26 Å². The first kappa shape index (κ1) is 10.2. The lowest BCUT2D eigenvalue weighted by molar-refractivity contribution is -0.138. The first-order valence-corrected chi connectivity index (χ1v) is 5.10. The van der Waals surface area contributed by atoms with Gasteiger partial charge in [-0.2, -0.15) is 0 Å². The molecule has 5 heteroatoms. The second-order valence-corrected chi connectivity index (χ2v) is 3.95. The van der Waals surface area contributed by atoms with Crippen molar-refractivity contribution in [1.82, 2.24) is 10.5 Å². The number of aliphatic carboxylic acids is 1. The van der Waals surface area contributed by atoms with Gasteiger partial charge in [-0.25, -0.2) is 0 Å². The van der Waals surface area contributed by atoms with Gasteiger partial charge in [-0.15, -0.1) is 0 Å². The Hall–Kier alpha value is -1.36. The van der Waals surface area contributed by atoms with E-state index in [0.717, 1.165) is 24.9 Å². The quantitative estimate of drug-likeness (QED) is 0.783. The van der Waals surface area contributed by atoms with Crippen molar-refractivity contribution in [3.05, 3.63) is 18.0 Å². The minimum Gasteiger partial charge on any atom is -0.481 e. The van der Waals surface area contributed by atoms with Crippen molar-refractivity contribution >= 4 is 5.97 Å². The molecule has 1 fully saturated rings. The number of carboxylic acid groups (broad SMARTS) is 1. The average Bonchev–Trinajstić information content (AvgIpc) is 2.69. The fourth-order valence-corrected chi connectivity index (χ4v) is 2.07. The molecule has 1 aliphatic rings. The Morgan fingerprint density at radius 3 is 3.27 bits per heavy atom. The molecule has 1 saturated heterocycles. The second-order valence-electron chi connectivity index (χ2n) is 3.95. The number of carboxylic acids is 1. The zero-order valence-corrected chi connectivity index (χ0v) is 8.35. The van der Waals surface area contributed by atoms with Crippen molar-refractivity contribution < 1.29 is 14.4 Å². The zero-order valence-electron chi connectivity index (χ0n) is 8.35. The Bertz CT molecular complexity index is 323. The van der Waals surface area contributed by atoms with Crippen LogP contribution in [0.5, 0.6) is 0 Å². The first-order valence-electron chi connectivity index (χ1n) is 5.10. The van der Waals surface area contributed by atoms with Crippen LogP contribution in [0.3, 0.4) is 0 Å². The van der Waals surface area contributed by atoms with Crippen molar-refractivity contribution in [2.24, 2.45) is 5.92 Å². The van der Waals surface area contributed by atoms with Crippen molar-refractivity contribution in [1.29, 1.82) is 0 Å². The van der Waals surface area contributed by atoms with E-state index in [9.17, 15) is 4.79 Å². The maximum absolute atomic E-state index is 10.6. The van der Waals surface area contributed by atoms with E-state index < -0.39 is 5.97 Å². The van der Waals surface area contributed by atoms with E-state index in [4.69, 9.17) is 9.63 Å². The van der Waals surface area contributed by atoms with Gasteiger partial charge in [-0.05, 0) is 25.3 Å². The van der Waals surface area contributed by atoms with Crippen LogP contribution in [0.1, 0.15) is 30.9 Å². The maximum Gasteiger partial charge on any atom is 0.303 e. The summed E-state index contributed by atoms with van der Waals surface area (Å²) >= 11 is 0. The Balaban J connectivity index is 1.95. The number of carbonyl (C=O) groups is 1. The van der Waals surface area contributed by atoms with Crippen LogP contribution in [0, 0.1) is 5.92 Å². The van der Waals surface area contributed by atoms with Crippen LogP contribution in [0.25, 0.3) is 0 Å². The smallest absolute Gasteiger partial charge is 0.303 e. The normalized spacial score (nSPS) is 26.4. The van der Waals surface area contributed by atoms with E-state index in [2.05, 4.69) is 10.5 Å². The number of hydrogen-bond donors (Lipinski definition) is 2. The Kier molecular flexibility index (Phi) is 3.01. The molecule has 82 valence electrons.